The summed E-state index contributed by atoms with van der Waals surface area (Å²) in [6, 6.07) is -0.706. The Morgan fingerprint density at radius 1 is 1.43 bits per heavy atom. The Morgan fingerprint density at radius 3 is 2.82 bits per heavy atom. The van der Waals surface area contributed by atoms with Crippen molar-refractivity contribution < 1.29 is 27.5 Å². The number of hydroxylamine groups is 1. The maximum atomic E-state index is 13.6. The zero-order valence-electron chi connectivity index (χ0n) is 15.5. The maximum absolute atomic E-state index is 13.6. The molecule has 1 N–H and O–H groups in total. The van der Waals surface area contributed by atoms with Crippen molar-refractivity contribution in [3.05, 3.63) is 16.4 Å². The Labute approximate surface area is 159 Å². The molecule has 2 atom stereocenters. The molecule has 28 heavy (non-hydrogen) atoms. The van der Waals surface area contributed by atoms with Crippen LogP contribution in [0.15, 0.2) is 10.9 Å². The lowest BCUT2D eigenvalue weighted by atomic mass is 10.1. The molecule has 1 fully saturated rings. The minimum Gasteiger partial charge on any atom is -0.377 e. The van der Waals surface area contributed by atoms with Gasteiger partial charge < -0.3 is 14.5 Å². The summed E-state index contributed by atoms with van der Waals surface area (Å²) in [5, 5.41) is 0. The van der Waals surface area contributed by atoms with Gasteiger partial charge in [-0.25, -0.2) is 5.48 Å². The average molecular weight is 405 g/mol. The molecule has 1 aromatic heterocycles. The van der Waals surface area contributed by atoms with Crippen molar-refractivity contribution >= 4 is 17.7 Å². The highest BCUT2D eigenvalue weighted by atomic mass is 19.4. The summed E-state index contributed by atoms with van der Waals surface area (Å²) in [5.41, 5.74) is 1.54. The summed E-state index contributed by atoms with van der Waals surface area (Å²) in [6.07, 6.45) is -4.94. The molecule has 156 valence electrons. The van der Waals surface area contributed by atoms with Crippen LogP contribution in [-0.4, -0.2) is 67.1 Å². The van der Waals surface area contributed by atoms with Crippen molar-refractivity contribution in [2.75, 3.05) is 43.2 Å². The van der Waals surface area contributed by atoms with Gasteiger partial charge in [0.05, 0.1) is 26.4 Å². The van der Waals surface area contributed by atoms with Gasteiger partial charge in [-0.2, -0.15) is 18.2 Å². The number of anilines is 2. The number of carbonyl (C=O) groups excluding carboxylic acids is 1. The van der Waals surface area contributed by atoms with E-state index >= 15 is 0 Å². The third-order valence-electron chi connectivity index (χ3n) is 4.80. The summed E-state index contributed by atoms with van der Waals surface area (Å²) in [4.78, 5) is 36.0. The number of nitrogens with zero attached hydrogens (tertiary/aromatic N) is 4. The number of hydrogen-bond acceptors (Lipinski definition) is 7. The normalized spacial score (nSPS) is 22.8. The highest BCUT2D eigenvalue weighted by Gasteiger charge is 2.47. The van der Waals surface area contributed by atoms with Gasteiger partial charge in [-0.1, -0.05) is 0 Å². The van der Waals surface area contributed by atoms with Gasteiger partial charge in [0.15, 0.2) is 0 Å². The van der Waals surface area contributed by atoms with Crippen LogP contribution in [0.25, 0.3) is 0 Å². The third kappa shape index (κ3) is 4.07. The Kier molecular flexibility index (Phi) is 5.79. The molecule has 9 nitrogen and oxygen atoms in total. The molecule has 3 rings (SSSR count). The van der Waals surface area contributed by atoms with Crippen LogP contribution in [0, 0.1) is 0 Å². The van der Waals surface area contributed by atoms with Crippen LogP contribution in [0.3, 0.4) is 0 Å². The van der Waals surface area contributed by atoms with Crippen molar-refractivity contribution in [3.8, 4) is 0 Å². The lowest BCUT2D eigenvalue weighted by Crippen LogP contribution is -2.55. The number of ether oxygens (including phenoxy) is 1. The molecule has 1 aromatic rings. The van der Waals surface area contributed by atoms with E-state index in [1.807, 2.05) is 17.3 Å². The van der Waals surface area contributed by atoms with Crippen LogP contribution in [0.2, 0.25) is 0 Å². The largest absolute Gasteiger partial charge is 0.408 e. The standard InChI is InChI=1S/C16H22F3N5O4/c1-10-9-28-6-5-22(10)12-7-14(26)23-4-3-11(16(17,18)19)24(15(23)20-12)8-13(25)21-27-2/h7,10-11H,3-6,8-9H2,1-2H3,(H,21,25)/t10-,11+/m1/s1. The van der Waals surface area contributed by atoms with E-state index in [9.17, 15) is 22.8 Å². The summed E-state index contributed by atoms with van der Waals surface area (Å²) in [7, 11) is 1.18. The first kappa shape index (κ1) is 20.4. The summed E-state index contributed by atoms with van der Waals surface area (Å²) >= 11 is 0. The van der Waals surface area contributed by atoms with Gasteiger partial charge in [-0.05, 0) is 13.3 Å². The molecule has 2 aliphatic rings. The number of fused-ring (bicyclic) bond motifs is 1. The van der Waals surface area contributed by atoms with Gasteiger partial charge in [0.1, 0.15) is 18.4 Å². The second-order valence-electron chi connectivity index (χ2n) is 6.72. The summed E-state index contributed by atoms with van der Waals surface area (Å²) < 4.78 is 47.3. The number of rotatable bonds is 4. The lowest BCUT2D eigenvalue weighted by Gasteiger charge is -2.40. The Hall–Kier alpha value is -2.34. The maximum Gasteiger partial charge on any atom is 0.408 e. The molecular weight excluding hydrogens is 383 g/mol. The smallest absolute Gasteiger partial charge is 0.377 e. The lowest BCUT2D eigenvalue weighted by molar-refractivity contribution is -0.153. The van der Waals surface area contributed by atoms with E-state index in [2.05, 4.69) is 9.82 Å². The van der Waals surface area contributed by atoms with Gasteiger partial charge in [-0.3, -0.25) is 19.0 Å². The average Bonchev–Trinajstić information content (AvgIpc) is 2.61. The molecule has 0 spiro atoms. The van der Waals surface area contributed by atoms with E-state index < -0.39 is 30.2 Å². The summed E-state index contributed by atoms with van der Waals surface area (Å²) in [5.74, 6) is -0.683. The summed E-state index contributed by atoms with van der Waals surface area (Å²) in [6.45, 7) is 2.41. The van der Waals surface area contributed by atoms with E-state index in [1.54, 1.807) is 0 Å². The Morgan fingerprint density at radius 2 is 2.18 bits per heavy atom. The van der Waals surface area contributed by atoms with Gasteiger partial charge in [-0.15, -0.1) is 0 Å². The van der Waals surface area contributed by atoms with Crippen LogP contribution >= 0.6 is 0 Å². The predicted molar refractivity (Wildman–Crippen MR) is 93.1 cm³/mol. The number of halogens is 3. The number of carbonyl (C=O) groups is 1. The van der Waals surface area contributed by atoms with E-state index in [0.717, 1.165) is 9.47 Å². The van der Waals surface area contributed by atoms with Crippen molar-refractivity contribution in [1.29, 1.82) is 0 Å². The zero-order valence-corrected chi connectivity index (χ0v) is 15.5. The second kappa shape index (κ2) is 7.95. The monoisotopic (exact) mass is 405 g/mol. The second-order valence-corrected chi connectivity index (χ2v) is 6.72. The number of morpholine rings is 1. The number of amides is 1. The Balaban J connectivity index is 2.04. The van der Waals surface area contributed by atoms with Crippen LogP contribution in [0.1, 0.15) is 13.3 Å². The van der Waals surface area contributed by atoms with Crippen LogP contribution in [-0.2, 0) is 20.9 Å². The highest BCUT2D eigenvalue weighted by Crippen LogP contribution is 2.34. The van der Waals surface area contributed by atoms with Crippen molar-refractivity contribution in [2.24, 2.45) is 0 Å². The number of nitrogens with one attached hydrogen (secondary N) is 1. The zero-order chi connectivity index (χ0) is 20.5. The molecule has 0 radical (unpaired) electrons. The molecular formula is C16H22F3N5O4. The van der Waals surface area contributed by atoms with Crippen molar-refractivity contribution in [3.63, 3.8) is 0 Å². The molecule has 0 unspecified atom stereocenters. The number of aromatic nitrogens is 2. The molecule has 1 saturated heterocycles. The fourth-order valence-corrected chi connectivity index (χ4v) is 3.49. The van der Waals surface area contributed by atoms with Gasteiger partial charge in [0, 0.05) is 19.2 Å². The van der Waals surface area contributed by atoms with Crippen LogP contribution < -0.4 is 20.8 Å². The van der Waals surface area contributed by atoms with E-state index in [0.29, 0.717) is 19.8 Å². The first-order valence-electron chi connectivity index (χ1n) is 8.84. The highest BCUT2D eigenvalue weighted by molar-refractivity contribution is 5.80. The van der Waals surface area contributed by atoms with Crippen molar-refractivity contribution in [1.82, 2.24) is 15.0 Å². The molecule has 0 aromatic carbocycles. The van der Waals surface area contributed by atoms with Gasteiger partial charge in [0.25, 0.3) is 11.5 Å². The third-order valence-corrected chi connectivity index (χ3v) is 4.80. The fraction of sp³-hybridized carbons (Fsp3) is 0.688. The first-order chi connectivity index (χ1) is 13.2. The molecule has 12 heteroatoms. The minimum absolute atomic E-state index is 0.0871. The number of alkyl halides is 3. The van der Waals surface area contributed by atoms with Crippen LogP contribution in [0.4, 0.5) is 24.9 Å². The quantitative estimate of drug-likeness (QED) is 0.720. The fourth-order valence-electron chi connectivity index (χ4n) is 3.49. The first-order valence-corrected chi connectivity index (χ1v) is 8.84. The van der Waals surface area contributed by atoms with Gasteiger partial charge >= 0.3 is 6.18 Å². The van der Waals surface area contributed by atoms with Crippen LogP contribution in [0.5, 0.6) is 0 Å². The van der Waals surface area contributed by atoms with E-state index in [-0.39, 0.29) is 30.8 Å². The molecule has 2 aliphatic heterocycles. The molecule has 0 saturated carbocycles. The van der Waals surface area contributed by atoms with E-state index in [4.69, 9.17) is 4.74 Å². The van der Waals surface area contributed by atoms with Gasteiger partial charge in [0.2, 0.25) is 5.95 Å². The topological polar surface area (TPSA) is 88.9 Å². The van der Waals surface area contributed by atoms with Crippen molar-refractivity contribution in [2.45, 2.75) is 38.1 Å². The SMILES string of the molecule is CONC(=O)CN1c2nc(N3CCOC[C@H]3C)cc(=O)n2CC[C@H]1C(F)(F)F. The molecule has 0 aliphatic carbocycles. The minimum atomic E-state index is -4.58. The Bertz CT molecular complexity index is 785. The molecule has 1 amide bonds. The molecule has 3 heterocycles. The van der Waals surface area contributed by atoms with E-state index in [1.165, 1.54) is 13.2 Å². The predicted octanol–water partition coefficient (Wildman–Crippen LogP) is 0.287. The molecule has 0 bridgehead atoms. The number of hydrogen-bond donors (Lipinski definition) is 1.